The van der Waals surface area contributed by atoms with Crippen LogP contribution in [0.2, 0.25) is 0 Å². The number of urea groups is 1. The summed E-state index contributed by atoms with van der Waals surface area (Å²) in [5.41, 5.74) is -1.82. The summed E-state index contributed by atoms with van der Waals surface area (Å²) >= 11 is 0. The second-order valence-corrected chi connectivity index (χ2v) is 31.3. The summed E-state index contributed by atoms with van der Waals surface area (Å²) in [5.74, 6) is -4.44. The number of azo groups is 4. The number of nitrogens with zero attached hydrogens (tertiary/aromatic N) is 8. The highest BCUT2D eigenvalue weighted by molar-refractivity contribution is 7.88. The van der Waals surface area contributed by atoms with Gasteiger partial charge >= 0.3 is 6.03 Å². The van der Waals surface area contributed by atoms with Gasteiger partial charge in [0.05, 0.1) is 68.6 Å². The van der Waals surface area contributed by atoms with Crippen molar-refractivity contribution in [3.05, 3.63) is 108 Å². The van der Waals surface area contributed by atoms with Crippen molar-refractivity contribution in [2.45, 2.75) is 46.3 Å². The summed E-state index contributed by atoms with van der Waals surface area (Å²) < 4.78 is 286. The monoisotopic (exact) mass is 1500 g/mol. The van der Waals surface area contributed by atoms with Gasteiger partial charge in [0.2, 0.25) is 0 Å². The molecule has 39 nitrogen and oxygen atoms in total. The maximum Gasteiger partial charge on any atom is 0.323 e. The maximum absolute atomic E-state index is 13.8. The summed E-state index contributed by atoms with van der Waals surface area (Å²) in [7, 11) is -38.5. The molecule has 10 N–H and O–H groups in total. The Morgan fingerprint density at radius 2 is 0.667 bits per heavy atom. The fourth-order valence-electron chi connectivity index (χ4n) is 7.48. The number of carbonyl (C=O) groups is 1. The first-order chi connectivity index (χ1) is 44.3. The number of aryl methyl sites for hydroxylation is 2. The Kier molecular flexibility index (Phi) is 24.8. The standard InChI is InChI=1S/C49H52N10O29S8/c1-29-21-41(45(87-15-19-91(67,68)69)27-39(29)56-54-37-11-7-33(93(73,74)75)25-47(37)95(79,80)81)58-52-31-5-9-35(43(23-31)85-13-3-17-89(61,62)63)50-49(60)51-36-10-6-32(24-44(36)86-14-4-18-90(64,65)66)53-59-42-22-30(2)40(28-46(42)88-16-20-92(70,71)72)57-55-38-12-8-34(94(76,77)78)26-48(38)96(82,83)84/h5-12,21-28H,3-4,13-20H2,1-2H3,(H2,50,51,60)(H,61,62,63)(H,64,65,66)(H,67,68,69)(H,70,71,72)(H,73,74,75)(H,76,77,78)(H,79,80,81)(H,82,83,84). The predicted octanol–water partition coefficient (Wildman–Crippen LogP) is 8.44. The third-order valence-corrected chi connectivity index (χ3v) is 18.3. The molecule has 520 valence electrons. The lowest BCUT2D eigenvalue weighted by Crippen LogP contribution is -2.20. The lowest BCUT2D eigenvalue weighted by atomic mass is 10.1. The van der Waals surface area contributed by atoms with Gasteiger partial charge in [-0.15, -0.1) is 20.5 Å². The second kappa shape index (κ2) is 31.1. The van der Waals surface area contributed by atoms with Gasteiger partial charge in [0.15, 0.2) is 0 Å². The van der Waals surface area contributed by atoms with Crippen molar-refractivity contribution in [2.75, 3.05) is 60.1 Å². The average molecular weight is 1500 g/mol. The van der Waals surface area contributed by atoms with Crippen LogP contribution >= 0.6 is 0 Å². The van der Waals surface area contributed by atoms with Crippen molar-refractivity contribution >= 4 is 144 Å². The van der Waals surface area contributed by atoms with Gasteiger partial charge < -0.3 is 29.6 Å². The van der Waals surface area contributed by atoms with Crippen LogP contribution in [0.5, 0.6) is 23.0 Å². The molecule has 0 unspecified atom stereocenters. The molecule has 0 aliphatic carbocycles. The quantitative estimate of drug-likeness (QED) is 0.0107. The van der Waals surface area contributed by atoms with Gasteiger partial charge in [0.1, 0.15) is 80.3 Å². The third-order valence-electron chi connectivity index (χ3n) is 11.9. The first-order valence-corrected chi connectivity index (χ1v) is 38.3. The molecule has 0 aliphatic heterocycles. The highest BCUT2D eigenvalue weighted by Gasteiger charge is 2.24. The maximum atomic E-state index is 13.8. The van der Waals surface area contributed by atoms with E-state index in [2.05, 4.69) is 51.5 Å². The van der Waals surface area contributed by atoms with Crippen LogP contribution in [0, 0.1) is 13.8 Å². The average Bonchev–Trinajstić information content (AvgIpc) is 0.803. The number of nitrogens with one attached hydrogen (secondary N) is 2. The normalized spacial score (nSPS) is 13.0. The van der Waals surface area contributed by atoms with Crippen LogP contribution in [0.1, 0.15) is 24.0 Å². The molecule has 0 saturated heterocycles. The molecule has 0 fully saturated rings. The first-order valence-electron chi connectivity index (χ1n) is 26.1. The van der Waals surface area contributed by atoms with Crippen molar-refractivity contribution in [1.29, 1.82) is 0 Å². The second-order valence-electron chi connectivity index (χ2n) is 19.4. The Hall–Kier alpha value is -8.53. The first kappa shape index (κ1) is 76.5. The van der Waals surface area contributed by atoms with Crippen molar-refractivity contribution in [3.8, 4) is 23.0 Å². The minimum absolute atomic E-state index is 0.0676. The summed E-state index contributed by atoms with van der Waals surface area (Å²) in [6.45, 7) is 0.619. The topological polar surface area (TPSA) is 612 Å². The Morgan fingerprint density at radius 1 is 0.344 bits per heavy atom. The van der Waals surface area contributed by atoms with Crippen LogP contribution in [0.3, 0.4) is 0 Å². The van der Waals surface area contributed by atoms with Crippen molar-refractivity contribution in [3.63, 3.8) is 0 Å². The zero-order valence-corrected chi connectivity index (χ0v) is 55.3. The number of ether oxygens (including phenoxy) is 4. The molecular formula is C49H52N10O29S8. The van der Waals surface area contributed by atoms with Crippen LogP contribution in [0.4, 0.5) is 61.7 Å². The summed E-state index contributed by atoms with van der Waals surface area (Å²) in [6.07, 6.45) is -0.608. The van der Waals surface area contributed by atoms with Crippen LogP contribution in [-0.4, -0.2) is 159 Å². The molecule has 0 saturated carbocycles. The molecule has 0 bridgehead atoms. The minimum Gasteiger partial charge on any atom is -0.491 e. The highest BCUT2D eigenvalue weighted by atomic mass is 32.2. The molecule has 96 heavy (non-hydrogen) atoms. The van der Waals surface area contributed by atoms with Gasteiger partial charge in [-0.3, -0.25) is 36.4 Å². The number of hydrogen-bond acceptors (Lipinski definition) is 29. The molecule has 6 rings (SSSR count). The molecular weight excluding hydrogens is 1450 g/mol. The van der Waals surface area contributed by atoms with Gasteiger partial charge in [-0.05, 0) is 111 Å². The largest absolute Gasteiger partial charge is 0.491 e. The summed E-state index contributed by atoms with van der Waals surface area (Å²) in [6, 6.07) is 15.1. The minimum atomic E-state index is -5.18. The fourth-order valence-corrected chi connectivity index (χ4v) is 11.5. The van der Waals surface area contributed by atoms with E-state index in [-0.39, 0.29) is 92.5 Å². The number of anilines is 2. The molecule has 0 heterocycles. The van der Waals surface area contributed by atoms with E-state index in [1.54, 1.807) is 0 Å². The molecule has 0 aromatic heterocycles. The van der Waals surface area contributed by atoms with Crippen LogP contribution < -0.4 is 29.6 Å². The Bertz CT molecular complexity index is 4760. The molecule has 6 aromatic carbocycles. The van der Waals surface area contributed by atoms with Gasteiger partial charge in [0.25, 0.3) is 80.9 Å². The fraction of sp³-hybridized carbons (Fsp3) is 0.245. The number of rotatable bonds is 32. The van der Waals surface area contributed by atoms with Crippen molar-refractivity contribution < 1.29 is 128 Å². The van der Waals surface area contributed by atoms with E-state index >= 15 is 0 Å². The zero-order valence-electron chi connectivity index (χ0n) is 48.8. The molecule has 2 amide bonds. The number of carbonyl (C=O) groups excluding carboxylic acids is 1. The van der Waals surface area contributed by atoms with E-state index in [9.17, 15) is 109 Å². The van der Waals surface area contributed by atoms with E-state index in [4.69, 9.17) is 18.9 Å². The molecule has 47 heteroatoms. The van der Waals surface area contributed by atoms with E-state index in [1.807, 2.05) is 0 Å². The van der Waals surface area contributed by atoms with Gasteiger partial charge in [-0.25, -0.2) is 4.79 Å². The zero-order chi connectivity index (χ0) is 71.4. The summed E-state index contributed by atoms with van der Waals surface area (Å²) in [5, 5.41) is 37.1. The van der Waals surface area contributed by atoms with Gasteiger partial charge in [-0.1, -0.05) is 0 Å². The number of benzene rings is 6. The predicted molar refractivity (Wildman–Crippen MR) is 334 cm³/mol. The van der Waals surface area contributed by atoms with E-state index in [0.29, 0.717) is 12.1 Å². The molecule has 0 radical (unpaired) electrons. The third kappa shape index (κ3) is 24.6. The lowest BCUT2D eigenvalue weighted by Gasteiger charge is -2.16. The Labute approximate surface area is 546 Å². The molecule has 0 atom stereocenters. The Balaban J connectivity index is 1.32. The van der Waals surface area contributed by atoms with E-state index in [1.165, 1.54) is 62.4 Å². The summed E-state index contributed by atoms with van der Waals surface area (Å²) in [4.78, 5) is 9.84. The molecule has 0 spiro atoms. The lowest BCUT2D eigenvalue weighted by molar-refractivity contribution is 0.261. The molecule has 6 aromatic rings. The smallest absolute Gasteiger partial charge is 0.323 e. The molecule has 0 aliphatic rings. The van der Waals surface area contributed by atoms with E-state index < -0.39 is 167 Å². The van der Waals surface area contributed by atoms with Gasteiger partial charge in [-0.2, -0.15) is 87.8 Å². The highest BCUT2D eigenvalue weighted by Crippen LogP contribution is 2.41. The van der Waals surface area contributed by atoms with Crippen molar-refractivity contribution in [2.24, 2.45) is 40.9 Å². The Morgan fingerprint density at radius 3 is 0.990 bits per heavy atom. The number of amides is 2. The number of hydrogen-bond donors (Lipinski definition) is 10. The van der Waals surface area contributed by atoms with E-state index in [0.717, 1.165) is 36.4 Å². The van der Waals surface area contributed by atoms with Crippen LogP contribution in [0.15, 0.2) is 158 Å². The van der Waals surface area contributed by atoms with Gasteiger partial charge in [0, 0.05) is 24.3 Å². The SMILES string of the molecule is Cc1cc(N=Nc2ccc(NC(=O)Nc3ccc(N=Nc4cc(C)c(N=Nc5ccc(S(=O)(=O)O)cc5S(=O)(=O)O)cc4OCCS(=O)(=O)O)cc3OCCCS(=O)(=O)O)c(OCCCS(=O)(=O)O)c2)c(OCCS(=O)(=O)O)cc1N=Nc1ccc(S(=O)(=O)O)cc1S(=O)(=O)O. The van der Waals surface area contributed by atoms with Crippen LogP contribution in [-0.2, 0) is 80.9 Å². The van der Waals surface area contributed by atoms with Crippen molar-refractivity contribution in [1.82, 2.24) is 0 Å². The van der Waals surface area contributed by atoms with Crippen LogP contribution in [0.25, 0.3) is 0 Å².